The van der Waals surface area contributed by atoms with Crippen LogP contribution in [0.4, 0.5) is 0 Å². The topological polar surface area (TPSA) is 75.7 Å². The van der Waals surface area contributed by atoms with Gasteiger partial charge < -0.3 is 9.64 Å². The van der Waals surface area contributed by atoms with E-state index in [1.165, 1.54) is 19.2 Å². The van der Waals surface area contributed by atoms with Gasteiger partial charge in [-0.2, -0.15) is 0 Å². The van der Waals surface area contributed by atoms with E-state index in [1.54, 1.807) is 12.1 Å². The standard InChI is InChI=1S/C16H24N2O4S/c1-22-14-7-9-15(10-8-14)23(20,21)17-11-5-13-18-12-4-2-3-6-16(18)19/h7-10,17H,2-6,11-13H2,1H3. The predicted molar refractivity (Wildman–Crippen MR) is 87.8 cm³/mol. The number of hydrogen-bond donors (Lipinski definition) is 1. The summed E-state index contributed by atoms with van der Waals surface area (Å²) < 4.78 is 31.9. The maximum absolute atomic E-state index is 12.2. The summed E-state index contributed by atoms with van der Waals surface area (Å²) in [6.07, 6.45) is 4.30. The number of rotatable bonds is 7. The van der Waals surface area contributed by atoms with Gasteiger partial charge >= 0.3 is 0 Å². The van der Waals surface area contributed by atoms with Crippen LogP contribution in [0.1, 0.15) is 32.1 Å². The quantitative estimate of drug-likeness (QED) is 0.768. The average Bonchev–Trinajstić information content (AvgIpc) is 2.76. The number of amides is 1. The first-order valence-electron chi connectivity index (χ1n) is 7.94. The van der Waals surface area contributed by atoms with Gasteiger partial charge in [0, 0.05) is 26.1 Å². The van der Waals surface area contributed by atoms with Gasteiger partial charge in [-0.3, -0.25) is 4.79 Å². The summed E-state index contributed by atoms with van der Waals surface area (Å²) >= 11 is 0. The van der Waals surface area contributed by atoms with Crippen LogP contribution in [0.3, 0.4) is 0 Å². The van der Waals surface area contributed by atoms with E-state index >= 15 is 0 Å². The predicted octanol–water partition coefficient (Wildman–Crippen LogP) is 1.77. The number of carbonyl (C=O) groups is 1. The summed E-state index contributed by atoms with van der Waals surface area (Å²) in [5.41, 5.74) is 0. The van der Waals surface area contributed by atoms with Crippen LogP contribution >= 0.6 is 0 Å². The third kappa shape index (κ3) is 5.21. The molecule has 0 unspecified atom stereocenters. The first-order valence-corrected chi connectivity index (χ1v) is 9.43. The first-order chi connectivity index (χ1) is 11.0. The lowest BCUT2D eigenvalue weighted by Crippen LogP contribution is -2.34. The lowest BCUT2D eigenvalue weighted by atomic mass is 10.2. The van der Waals surface area contributed by atoms with Gasteiger partial charge in [-0.05, 0) is 43.5 Å². The molecule has 0 saturated carbocycles. The molecule has 1 amide bonds. The van der Waals surface area contributed by atoms with Crippen molar-refractivity contribution < 1.29 is 17.9 Å². The Morgan fingerprint density at radius 1 is 1.17 bits per heavy atom. The van der Waals surface area contributed by atoms with Gasteiger partial charge in [-0.25, -0.2) is 13.1 Å². The normalized spacial score (nSPS) is 16.2. The molecule has 0 bridgehead atoms. The number of benzene rings is 1. The molecule has 6 nitrogen and oxygen atoms in total. The number of hydrogen-bond acceptors (Lipinski definition) is 4. The number of sulfonamides is 1. The van der Waals surface area contributed by atoms with Gasteiger partial charge in [-0.1, -0.05) is 6.42 Å². The minimum Gasteiger partial charge on any atom is -0.497 e. The average molecular weight is 340 g/mol. The van der Waals surface area contributed by atoms with E-state index in [9.17, 15) is 13.2 Å². The monoisotopic (exact) mass is 340 g/mol. The Bertz CT molecular complexity index is 613. The molecule has 1 saturated heterocycles. The van der Waals surface area contributed by atoms with E-state index in [4.69, 9.17) is 4.74 Å². The van der Waals surface area contributed by atoms with Crippen molar-refractivity contribution in [3.63, 3.8) is 0 Å². The van der Waals surface area contributed by atoms with Gasteiger partial charge in [0.1, 0.15) is 5.75 Å². The molecule has 0 aromatic heterocycles. The SMILES string of the molecule is COc1ccc(S(=O)(=O)NCCCN2CCCCCC2=O)cc1. The van der Waals surface area contributed by atoms with E-state index < -0.39 is 10.0 Å². The molecule has 7 heteroatoms. The van der Waals surface area contributed by atoms with Crippen molar-refractivity contribution in [2.75, 3.05) is 26.7 Å². The van der Waals surface area contributed by atoms with Gasteiger partial charge in [0.2, 0.25) is 15.9 Å². The van der Waals surface area contributed by atoms with Crippen molar-refractivity contribution in [1.29, 1.82) is 0 Å². The molecule has 1 aliphatic rings. The molecule has 0 atom stereocenters. The summed E-state index contributed by atoms with van der Waals surface area (Å²) in [6, 6.07) is 6.26. The summed E-state index contributed by atoms with van der Waals surface area (Å²) in [5.74, 6) is 0.795. The van der Waals surface area contributed by atoms with Crippen LogP contribution in [0, 0.1) is 0 Å². The molecule has 0 aliphatic carbocycles. The Morgan fingerprint density at radius 3 is 2.61 bits per heavy atom. The van der Waals surface area contributed by atoms with E-state index in [-0.39, 0.29) is 10.8 Å². The Labute approximate surface area is 137 Å². The smallest absolute Gasteiger partial charge is 0.240 e. The van der Waals surface area contributed by atoms with E-state index in [2.05, 4.69) is 4.72 Å². The summed E-state index contributed by atoms with van der Waals surface area (Å²) in [7, 11) is -1.98. The zero-order valence-electron chi connectivity index (χ0n) is 13.5. The Kier molecular flexibility index (Phi) is 6.41. The summed E-state index contributed by atoms with van der Waals surface area (Å²) in [6.45, 7) is 1.70. The molecule has 23 heavy (non-hydrogen) atoms. The number of methoxy groups -OCH3 is 1. The van der Waals surface area contributed by atoms with Crippen LogP contribution in [-0.2, 0) is 14.8 Å². The van der Waals surface area contributed by atoms with E-state index in [1.807, 2.05) is 4.90 Å². The highest BCUT2D eigenvalue weighted by Crippen LogP contribution is 2.15. The number of carbonyl (C=O) groups excluding carboxylic acids is 1. The minimum atomic E-state index is -3.52. The maximum Gasteiger partial charge on any atom is 0.240 e. The highest BCUT2D eigenvalue weighted by molar-refractivity contribution is 7.89. The molecular formula is C16H24N2O4S. The van der Waals surface area contributed by atoms with Gasteiger partial charge in [0.05, 0.1) is 12.0 Å². The number of nitrogens with zero attached hydrogens (tertiary/aromatic N) is 1. The van der Waals surface area contributed by atoms with Crippen molar-refractivity contribution in [2.45, 2.75) is 37.0 Å². The first kappa shape index (κ1) is 17.7. The van der Waals surface area contributed by atoms with E-state index in [0.29, 0.717) is 31.7 Å². The number of likely N-dealkylation sites (tertiary alicyclic amines) is 1. The second-order valence-corrected chi connectivity index (χ2v) is 7.39. The molecule has 1 N–H and O–H groups in total. The second-order valence-electron chi connectivity index (χ2n) is 5.62. The highest BCUT2D eigenvalue weighted by Gasteiger charge is 2.17. The van der Waals surface area contributed by atoms with E-state index in [0.717, 1.165) is 25.8 Å². The molecule has 1 fully saturated rings. The summed E-state index contributed by atoms with van der Waals surface area (Å²) in [5, 5.41) is 0. The van der Waals surface area contributed by atoms with Crippen molar-refractivity contribution in [3.05, 3.63) is 24.3 Å². The molecular weight excluding hydrogens is 316 g/mol. The van der Waals surface area contributed by atoms with Crippen molar-refractivity contribution in [1.82, 2.24) is 9.62 Å². The molecule has 1 heterocycles. The molecule has 2 rings (SSSR count). The third-order valence-corrected chi connectivity index (χ3v) is 5.41. The third-order valence-electron chi connectivity index (χ3n) is 3.94. The minimum absolute atomic E-state index is 0.181. The molecule has 1 aliphatic heterocycles. The zero-order valence-corrected chi connectivity index (χ0v) is 14.3. The highest BCUT2D eigenvalue weighted by atomic mass is 32.2. The van der Waals surface area contributed by atoms with Crippen LogP contribution in [-0.4, -0.2) is 46.0 Å². The van der Waals surface area contributed by atoms with Gasteiger partial charge in [0.15, 0.2) is 0 Å². The zero-order chi connectivity index (χ0) is 16.7. The molecule has 0 radical (unpaired) electrons. The molecule has 128 valence electrons. The fraction of sp³-hybridized carbons (Fsp3) is 0.562. The number of nitrogens with one attached hydrogen (secondary N) is 1. The Balaban J connectivity index is 1.81. The van der Waals surface area contributed by atoms with Crippen LogP contribution in [0.2, 0.25) is 0 Å². The van der Waals surface area contributed by atoms with Crippen LogP contribution in [0.25, 0.3) is 0 Å². The molecule has 1 aromatic rings. The maximum atomic E-state index is 12.2. The fourth-order valence-corrected chi connectivity index (χ4v) is 3.66. The number of ether oxygens (including phenoxy) is 1. The van der Waals surface area contributed by atoms with Crippen molar-refractivity contribution >= 4 is 15.9 Å². The van der Waals surface area contributed by atoms with Gasteiger partial charge in [0.25, 0.3) is 0 Å². The second kappa shape index (κ2) is 8.31. The molecule has 0 spiro atoms. The Hall–Kier alpha value is -1.60. The Morgan fingerprint density at radius 2 is 1.91 bits per heavy atom. The lowest BCUT2D eigenvalue weighted by Gasteiger charge is -2.20. The fourth-order valence-electron chi connectivity index (χ4n) is 2.59. The lowest BCUT2D eigenvalue weighted by molar-refractivity contribution is -0.130. The van der Waals surface area contributed by atoms with Crippen molar-refractivity contribution in [3.8, 4) is 5.75 Å². The molecule has 1 aromatic carbocycles. The largest absolute Gasteiger partial charge is 0.497 e. The van der Waals surface area contributed by atoms with Crippen LogP contribution < -0.4 is 9.46 Å². The van der Waals surface area contributed by atoms with Crippen molar-refractivity contribution in [2.24, 2.45) is 0 Å². The van der Waals surface area contributed by atoms with Crippen LogP contribution in [0.5, 0.6) is 5.75 Å². The van der Waals surface area contributed by atoms with Gasteiger partial charge in [-0.15, -0.1) is 0 Å². The summed E-state index contributed by atoms with van der Waals surface area (Å²) in [4.78, 5) is 13.9. The van der Waals surface area contributed by atoms with Crippen LogP contribution in [0.15, 0.2) is 29.2 Å².